The van der Waals surface area contributed by atoms with Crippen molar-refractivity contribution in [2.24, 2.45) is 10.9 Å². The van der Waals surface area contributed by atoms with Crippen molar-refractivity contribution in [3.63, 3.8) is 0 Å². The molecule has 3 nitrogen and oxygen atoms in total. The Morgan fingerprint density at radius 1 is 1.47 bits per heavy atom. The Hall–Kier alpha value is -1.90. The SMILES string of the molecule is C=CC(C)/C=C(C(=O)O)\C(C=C(C)CC)=C\N=CC. The molecule has 0 fully saturated rings. The number of carbonyl (C=O) groups is 1. The second-order valence-electron chi connectivity index (χ2n) is 4.32. The van der Waals surface area contributed by atoms with Crippen molar-refractivity contribution < 1.29 is 9.90 Å². The van der Waals surface area contributed by atoms with Gasteiger partial charge in [0.25, 0.3) is 0 Å². The minimum atomic E-state index is -0.952. The molecule has 0 rings (SSSR count). The third kappa shape index (κ3) is 6.55. The monoisotopic (exact) mass is 261 g/mol. The fourth-order valence-electron chi connectivity index (χ4n) is 1.33. The zero-order valence-electron chi connectivity index (χ0n) is 12.2. The molecule has 1 unspecified atom stereocenters. The van der Waals surface area contributed by atoms with Gasteiger partial charge in [-0.2, -0.15) is 0 Å². The Labute approximate surface area is 115 Å². The summed E-state index contributed by atoms with van der Waals surface area (Å²) < 4.78 is 0. The molecule has 0 aliphatic heterocycles. The van der Waals surface area contributed by atoms with Gasteiger partial charge in [-0.1, -0.05) is 37.6 Å². The highest BCUT2D eigenvalue weighted by molar-refractivity contribution is 5.93. The van der Waals surface area contributed by atoms with E-state index in [4.69, 9.17) is 0 Å². The van der Waals surface area contributed by atoms with Gasteiger partial charge in [0.2, 0.25) is 0 Å². The molecule has 0 aromatic rings. The van der Waals surface area contributed by atoms with E-state index in [0.29, 0.717) is 5.57 Å². The molecule has 1 N–H and O–H groups in total. The molecule has 104 valence electrons. The molecule has 0 saturated carbocycles. The number of rotatable bonds is 7. The summed E-state index contributed by atoms with van der Waals surface area (Å²) in [4.78, 5) is 15.4. The molecule has 0 saturated heterocycles. The zero-order chi connectivity index (χ0) is 14.8. The molecule has 3 heteroatoms. The van der Waals surface area contributed by atoms with E-state index in [1.54, 1.807) is 31.5 Å². The molecule has 1 atom stereocenters. The standard InChI is InChI=1S/C16H23NO2/c1-6-12(4)9-14(11-17-8-3)15(16(18)19)10-13(5)7-2/h7-11,13H,2,6H2,1,3-5H3,(H,18,19)/b12-9?,14-11+,15-10+,17-8?. The molecule has 0 aromatic heterocycles. The minimum absolute atomic E-state index is 0.00422. The maximum atomic E-state index is 11.4. The predicted octanol–water partition coefficient (Wildman–Crippen LogP) is 4.15. The van der Waals surface area contributed by atoms with Gasteiger partial charge in [0.1, 0.15) is 0 Å². The smallest absolute Gasteiger partial charge is 0.336 e. The highest BCUT2D eigenvalue weighted by atomic mass is 16.4. The number of hydrogen-bond donors (Lipinski definition) is 1. The normalized spacial score (nSPS) is 15.7. The second-order valence-corrected chi connectivity index (χ2v) is 4.32. The quantitative estimate of drug-likeness (QED) is 0.324. The first-order chi connectivity index (χ1) is 8.96. The molecule has 0 aliphatic carbocycles. The Balaban J connectivity index is 5.71. The van der Waals surface area contributed by atoms with Crippen LogP contribution in [-0.2, 0) is 4.79 Å². The van der Waals surface area contributed by atoms with Crippen molar-refractivity contribution in [3.05, 3.63) is 47.7 Å². The van der Waals surface area contributed by atoms with E-state index in [1.165, 1.54) is 0 Å². The van der Waals surface area contributed by atoms with Gasteiger partial charge >= 0.3 is 5.97 Å². The van der Waals surface area contributed by atoms with E-state index < -0.39 is 5.97 Å². The third-order valence-electron chi connectivity index (χ3n) is 2.67. The average Bonchev–Trinajstić information content (AvgIpc) is 2.39. The molecule has 0 heterocycles. The maximum absolute atomic E-state index is 11.4. The van der Waals surface area contributed by atoms with Crippen LogP contribution in [0.2, 0.25) is 0 Å². The van der Waals surface area contributed by atoms with E-state index in [0.717, 1.165) is 12.0 Å². The minimum Gasteiger partial charge on any atom is -0.478 e. The van der Waals surface area contributed by atoms with E-state index in [-0.39, 0.29) is 11.5 Å². The molecule has 0 aliphatic rings. The lowest BCUT2D eigenvalue weighted by Crippen LogP contribution is -2.05. The van der Waals surface area contributed by atoms with Crippen molar-refractivity contribution in [2.45, 2.75) is 34.1 Å². The first kappa shape index (κ1) is 17.1. The van der Waals surface area contributed by atoms with Crippen LogP contribution in [0.15, 0.2) is 52.7 Å². The van der Waals surface area contributed by atoms with Gasteiger partial charge in [-0.05, 0) is 26.2 Å². The maximum Gasteiger partial charge on any atom is 0.336 e. The number of hydrogen-bond acceptors (Lipinski definition) is 2. The summed E-state index contributed by atoms with van der Waals surface area (Å²) in [6, 6.07) is 0. The lowest BCUT2D eigenvalue weighted by atomic mass is 9.99. The molecular formula is C16H23NO2. The van der Waals surface area contributed by atoms with Crippen LogP contribution < -0.4 is 0 Å². The fourth-order valence-corrected chi connectivity index (χ4v) is 1.33. The van der Waals surface area contributed by atoms with Crippen LogP contribution >= 0.6 is 0 Å². The molecule has 0 radical (unpaired) electrons. The van der Waals surface area contributed by atoms with Gasteiger partial charge in [-0.3, -0.25) is 4.99 Å². The Bertz CT molecular complexity index is 440. The first-order valence-electron chi connectivity index (χ1n) is 6.39. The average molecular weight is 261 g/mol. The molecule has 0 aromatic carbocycles. The summed E-state index contributed by atoms with van der Waals surface area (Å²) in [6.07, 6.45) is 9.34. The highest BCUT2D eigenvalue weighted by Gasteiger charge is 2.12. The zero-order valence-corrected chi connectivity index (χ0v) is 12.2. The van der Waals surface area contributed by atoms with Gasteiger partial charge in [-0.15, -0.1) is 6.58 Å². The summed E-state index contributed by atoms with van der Waals surface area (Å²) in [5.74, 6) is -0.957. The lowest BCUT2D eigenvalue weighted by Gasteiger charge is -2.07. The Morgan fingerprint density at radius 3 is 2.53 bits per heavy atom. The molecular weight excluding hydrogens is 238 g/mol. The van der Waals surface area contributed by atoms with Crippen molar-refractivity contribution in [2.75, 3.05) is 0 Å². The fraction of sp³-hybridized carbons (Fsp3) is 0.375. The number of carboxylic acids is 1. The number of carboxylic acid groups (broad SMARTS) is 1. The van der Waals surface area contributed by atoms with Crippen LogP contribution in [0.4, 0.5) is 0 Å². The van der Waals surface area contributed by atoms with E-state index in [2.05, 4.69) is 11.6 Å². The highest BCUT2D eigenvalue weighted by Crippen LogP contribution is 2.18. The second kappa shape index (κ2) is 9.09. The first-order valence-corrected chi connectivity index (χ1v) is 6.39. The van der Waals surface area contributed by atoms with Crippen molar-refractivity contribution in [1.29, 1.82) is 0 Å². The molecule has 0 amide bonds. The van der Waals surface area contributed by atoms with Gasteiger partial charge in [-0.25, -0.2) is 4.79 Å². The van der Waals surface area contributed by atoms with Crippen LogP contribution in [0.5, 0.6) is 0 Å². The van der Waals surface area contributed by atoms with Crippen LogP contribution in [0.1, 0.15) is 34.1 Å². The van der Waals surface area contributed by atoms with Crippen LogP contribution in [0.3, 0.4) is 0 Å². The third-order valence-corrected chi connectivity index (χ3v) is 2.67. The Kier molecular flexibility index (Phi) is 8.18. The topological polar surface area (TPSA) is 49.7 Å². The van der Waals surface area contributed by atoms with E-state index >= 15 is 0 Å². The van der Waals surface area contributed by atoms with E-state index in [9.17, 15) is 9.90 Å². The molecule has 0 bridgehead atoms. The summed E-state index contributed by atoms with van der Waals surface area (Å²) in [7, 11) is 0. The predicted molar refractivity (Wildman–Crippen MR) is 81.4 cm³/mol. The van der Waals surface area contributed by atoms with Crippen molar-refractivity contribution >= 4 is 12.2 Å². The number of nitrogens with zero attached hydrogens (tertiary/aromatic N) is 1. The largest absolute Gasteiger partial charge is 0.478 e. The number of aliphatic imine (C=N–C) groups is 1. The van der Waals surface area contributed by atoms with Gasteiger partial charge in [0, 0.05) is 18.0 Å². The van der Waals surface area contributed by atoms with Crippen molar-refractivity contribution in [3.8, 4) is 0 Å². The Morgan fingerprint density at radius 2 is 2.11 bits per heavy atom. The van der Waals surface area contributed by atoms with Crippen LogP contribution in [0.25, 0.3) is 0 Å². The van der Waals surface area contributed by atoms with Gasteiger partial charge < -0.3 is 5.11 Å². The van der Waals surface area contributed by atoms with Crippen molar-refractivity contribution in [1.82, 2.24) is 0 Å². The van der Waals surface area contributed by atoms with Crippen LogP contribution in [-0.4, -0.2) is 17.3 Å². The number of allylic oxidation sites excluding steroid dienone is 4. The summed E-state index contributed by atoms with van der Waals surface area (Å²) in [6.45, 7) is 11.4. The summed E-state index contributed by atoms with van der Waals surface area (Å²) >= 11 is 0. The van der Waals surface area contributed by atoms with Gasteiger partial charge in [0.05, 0.1) is 5.57 Å². The summed E-state index contributed by atoms with van der Waals surface area (Å²) in [5.41, 5.74) is 1.97. The molecule has 19 heavy (non-hydrogen) atoms. The lowest BCUT2D eigenvalue weighted by molar-refractivity contribution is -0.132. The van der Waals surface area contributed by atoms with Crippen LogP contribution in [0, 0.1) is 5.92 Å². The number of aliphatic carboxylic acids is 1. The summed E-state index contributed by atoms with van der Waals surface area (Å²) in [5, 5.41) is 9.35. The molecule has 0 spiro atoms. The van der Waals surface area contributed by atoms with Gasteiger partial charge in [0.15, 0.2) is 0 Å². The van der Waals surface area contributed by atoms with E-state index in [1.807, 2.05) is 26.8 Å².